The molecule has 0 radical (unpaired) electrons. The van der Waals surface area contributed by atoms with Crippen molar-refractivity contribution in [2.45, 2.75) is 25.9 Å². The Labute approximate surface area is 119 Å². The van der Waals surface area contributed by atoms with E-state index >= 15 is 0 Å². The molecule has 0 aromatic heterocycles. The number of hydrogen-bond donors (Lipinski definition) is 2. The third-order valence-electron chi connectivity index (χ3n) is 3.81. The Kier molecular flexibility index (Phi) is 4.84. The fourth-order valence-corrected chi connectivity index (χ4v) is 2.53. The lowest BCUT2D eigenvalue weighted by molar-refractivity contribution is -0.125. The summed E-state index contributed by atoms with van der Waals surface area (Å²) >= 11 is 0. The van der Waals surface area contributed by atoms with Crippen LogP contribution in [0.4, 0.5) is 0 Å². The molecule has 5 heteroatoms. The Morgan fingerprint density at radius 1 is 1.40 bits per heavy atom. The minimum Gasteiger partial charge on any atom is -0.497 e. The summed E-state index contributed by atoms with van der Waals surface area (Å²) in [7, 11) is 3.23. The Balaban J connectivity index is 1.98. The van der Waals surface area contributed by atoms with Crippen molar-refractivity contribution in [2.75, 3.05) is 20.8 Å². The van der Waals surface area contributed by atoms with Crippen LogP contribution in [0.1, 0.15) is 18.9 Å². The molecule has 2 atom stereocenters. The van der Waals surface area contributed by atoms with Crippen LogP contribution in [0.2, 0.25) is 0 Å². The number of amides is 1. The molecule has 1 heterocycles. The van der Waals surface area contributed by atoms with Crippen molar-refractivity contribution < 1.29 is 14.3 Å². The maximum absolute atomic E-state index is 12.1. The van der Waals surface area contributed by atoms with Crippen LogP contribution in [0.25, 0.3) is 0 Å². The van der Waals surface area contributed by atoms with Crippen LogP contribution in [-0.4, -0.2) is 32.7 Å². The summed E-state index contributed by atoms with van der Waals surface area (Å²) in [6.45, 7) is 3.42. The van der Waals surface area contributed by atoms with Gasteiger partial charge in [0.25, 0.3) is 0 Å². The highest BCUT2D eigenvalue weighted by Crippen LogP contribution is 2.24. The number of benzene rings is 1. The third-order valence-corrected chi connectivity index (χ3v) is 3.81. The van der Waals surface area contributed by atoms with Crippen LogP contribution >= 0.6 is 0 Å². The lowest BCUT2D eigenvalue weighted by atomic mass is 10.0. The molecule has 0 saturated carbocycles. The normalized spacial score (nSPS) is 21.6. The van der Waals surface area contributed by atoms with Crippen LogP contribution in [0.3, 0.4) is 0 Å². The third kappa shape index (κ3) is 3.22. The quantitative estimate of drug-likeness (QED) is 0.853. The number of methoxy groups -OCH3 is 2. The number of hydrogen-bond acceptors (Lipinski definition) is 4. The van der Waals surface area contributed by atoms with Crippen molar-refractivity contribution in [1.29, 1.82) is 0 Å². The molecule has 1 aromatic rings. The van der Waals surface area contributed by atoms with E-state index in [1.807, 2.05) is 25.1 Å². The molecule has 1 aromatic carbocycles. The van der Waals surface area contributed by atoms with Crippen LogP contribution in [0, 0.1) is 5.92 Å². The van der Waals surface area contributed by atoms with Gasteiger partial charge in [-0.3, -0.25) is 4.79 Å². The fourth-order valence-electron chi connectivity index (χ4n) is 2.53. The molecule has 110 valence electrons. The molecular weight excluding hydrogens is 256 g/mol. The zero-order chi connectivity index (χ0) is 14.5. The molecule has 20 heavy (non-hydrogen) atoms. The molecule has 0 spiro atoms. The molecule has 1 aliphatic rings. The first-order valence-corrected chi connectivity index (χ1v) is 6.87. The molecule has 2 unspecified atom stereocenters. The highest BCUT2D eigenvalue weighted by atomic mass is 16.5. The van der Waals surface area contributed by atoms with Gasteiger partial charge >= 0.3 is 0 Å². The summed E-state index contributed by atoms with van der Waals surface area (Å²) in [5.74, 6) is 1.62. The molecule has 1 aliphatic heterocycles. The highest BCUT2D eigenvalue weighted by molar-refractivity contribution is 5.79. The van der Waals surface area contributed by atoms with Gasteiger partial charge in [-0.2, -0.15) is 0 Å². The zero-order valence-corrected chi connectivity index (χ0v) is 12.2. The van der Waals surface area contributed by atoms with E-state index in [2.05, 4.69) is 10.6 Å². The summed E-state index contributed by atoms with van der Waals surface area (Å²) in [5.41, 5.74) is 0.945. The second-order valence-corrected chi connectivity index (χ2v) is 5.03. The molecule has 1 amide bonds. The van der Waals surface area contributed by atoms with Crippen molar-refractivity contribution in [3.8, 4) is 11.5 Å². The Morgan fingerprint density at radius 3 is 2.80 bits per heavy atom. The van der Waals surface area contributed by atoms with Gasteiger partial charge in [0.1, 0.15) is 11.5 Å². The molecule has 0 aliphatic carbocycles. The van der Waals surface area contributed by atoms with Crippen molar-refractivity contribution in [3.05, 3.63) is 23.8 Å². The summed E-state index contributed by atoms with van der Waals surface area (Å²) < 4.78 is 10.5. The Hall–Kier alpha value is -1.75. The number of carbonyl (C=O) groups is 1. The van der Waals surface area contributed by atoms with Crippen LogP contribution in [-0.2, 0) is 11.3 Å². The molecule has 1 saturated heterocycles. The van der Waals surface area contributed by atoms with Crippen LogP contribution < -0.4 is 20.1 Å². The topological polar surface area (TPSA) is 59.6 Å². The predicted octanol–water partition coefficient (Wildman–Crippen LogP) is 1.32. The minimum absolute atomic E-state index is 0.0549. The minimum atomic E-state index is 0.0549. The first kappa shape index (κ1) is 14.7. The van der Waals surface area contributed by atoms with Gasteiger partial charge < -0.3 is 20.1 Å². The van der Waals surface area contributed by atoms with E-state index in [1.165, 1.54) is 0 Å². The zero-order valence-electron chi connectivity index (χ0n) is 12.2. The van der Waals surface area contributed by atoms with E-state index in [0.29, 0.717) is 6.54 Å². The maximum atomic E-state index is 12.1. The highest BCUT2D eigenvalue weighted by Gasteiger charge is 2.29. The van der Waals surface area contributed by atoms with E-state index in [4.69, 9.17) is 9.47 Å². The second kappa shape index (κ2) is 6.61. The predicted molar refractivity (Wildman–Crippen MR) is 77.0 cm³/mol. The largest absolute Gasteiger partial charge is 0.497 e. The first-order valence-electron chi connectivity index (χ1n) is 6.87. The molecule has 2 rings (SSSR count). The van der Waals surface area contributed by atoms with E-state index in [-0.39, 0.29) is 17.9 Å². The smallest absolute Gasteiger partial charge is 0.224 e. The number of ether oxygens (including phenoxy) is 2. The molecular formula is C15H22N2O3. The first-order chi connectivity index (χ1) is 9.65. The van der Waals surface area contributed by atoms with Crippen LogP contribution in [0.15, 0.2) is 18.2 Å². The summed E-state index contributed by atoms with van der Waals surface area (Å²) in [4.78, 5) is 12.1. The monoisotopic (exact) mass is 278 g/mol. The van der Waals surface area contributed by atoms with E-state index in [9.17, 15) is 4.79 Å². The van der Waals surface area contributed by atoms with Crippen molar-refractivity contribution >= 4 is 5.91 Å². The van der Waals surface area contributed by atoms with Crippen molar-refractivity contribution in [1.82, 2.24) is 10.6 Å². The van der Waals surface area contributed by atoms with E-state index in [0.717, 1.165) is 30.0 Å². The van der Waals surface area contributed by atoms with Gasteiger partial charge in [-0.1, -0.05) is 0 Å². The SMILES string of the molecule is COc1ccc(CNC(=O)C2CCNC2C)c(OC)c1. The molecule has 2 N–H and O–H groups in total. The second-order valence-electron chi connectivity index (χ2n) is 5.03. The summed E-state index contributed by atoms with van der Waals surface area (Å²) in [5, 5.41) is 6.27. The van der Waals surface area contributed by atoms with Gasteiger partial charge in [0.15, 0.2) is 0 Å². The van der Waals surface area contributed by atoms with Gasteiger partial charge in [0.05, 0.1) is 20.1 Å². The van der Waals surface area contributed by atoms with Gasteiger partial charge in [0, 0.05) is 24.2 Å². The maximum Gasteiger partial charge on any atom is 0.224 e. The van der Waals surface area contributed by atoms with Gasteiger partial charge in [-0.25, -0.2) is 0 Å². The average Bonchev–Trinajstić information content (AvgIpc) is 2.90. The van der Waals surface area contributed by atoms with E-state index < -0.39 is 0 Å². The van der Waals surface area contributed by atoms with Crippen molar-refractivity contribution in [2.24, 2.45) is 5.92 Å². The van der Waals surface area contributed by atoms with Gasteiger partial charge in [-0.05, 0) is 32.0 Å². The number of carbonyl (C=O) groups excluding carboxylic acids is 1. The Bertz CT molecular complexity index is 476. The molecule has 0 bridgehead atoms. The average molecular weight is 278 g/mol. The van der Waals surface area contributed by atoms with Gasteiger partial charge in [0.2, 0.25) is 5.91 Å². The molecule has 5 nitrogen and oxygen atoms in total. The van der Waals surface area contributed by atoms with Gasteiger partial charge in [-0.15, -0.1) is 0 Å². The lowest BCUT2D eigenvalue weighted by Crippen LogP contribution is -2.36. The lowest BCUT2D eigenvalue weighted by Gasteiger charge is -2.16. The number of nitrogens with one attached hydrogen (secondary N) is 2. The Morgan fingerprint density at radius 2 is 2.20 bits per heavy atom. The fraction of sp³-hybridized carbons (Fsp3) is 0.533. The standard InChI is InChI=1S/C15H22N2O3/c1-10-13(6-7-16-10)15(18)17-9-11-4-5-12(19-2)8-14(11)20-3/h4-5,8,10,13,16H,6-7,9H2,1-3H3,(H,17,18). The van der Waals surface area contributed by atoms with E-state index in [1.54, 1.807) is 14.2 Å². The summed E-state index contributed by atoms with van der Waals surface area (Å²) in [6.07, 6.45) is 0.896. The van der Waals surface area contributed by atoms with Crippen LogP contribution in [0.5, 0.6) is 11.5 Å². The number of rotatable bonds is 5. The summed E-state index contributed by atoms with van der Waals surface area (Å²) in [6, 6.07) is 5.84. The molecule has 1 fully saturated rings. The van der Waals surface area contributed by atoms with Crippen molar-refractivity contribution in [3.63, 3.8) is 0 Å².